The monoisotopic (exact) mass is 388 g/mol. The van der Waals surface area contributed by atoms with Crippen LogP contribution in [-0.4, -0.2) is 23.0 Å². The topological polar surface area (TPSA) is 72.0 Å². The maximum atomic E-state index is 12.5. The number of carbonyl (C=O) groups excluding carboxylic acids is 1. The van der Waals surface area contributed by atoms with Gasteiger partial charge >= 0.3 is 5.97 Å². The first-order chi connectivity index (χ1) is 12.3. The number of H-pyrrole nitrogens is 1. The molecule has 0 aliphatic carbocycles. The van der Waals surface area contributed by atoms with Crippen molar-refractivity contribution in [2.24, 2.45) is 0 Å². The average Bonchev–Trinajstić information content (AvgIpc) is 2.94. The number of halogens is 1. The number of nitrogens with zero attached hydrogens (tertiary/aromatic N) is 1. The lowest BCUT2D eigenvalue weighted by Gasteiger charge is -2.03. The molecule has 0 fully saturated rings. The first kappa shape index (κ1) is 18.4. The van der Waals surface area contributed by atoms with Crippen LogP contribution in [0, 0.1) is 20.8 Å². The van der Waals surface area contributed by atoms with Gasteiger partial charge in [0.25, 0.3) is 5.56 Å². The van der Waals surface area contributed by atoms with E-state index in [4.69, 9.17) is 16.3 Å². The lowest BCUT2D eigenvalue weighted by atomic mass is 10.1. The van der Waals surface area contributed by atoms with Crippen molar-refractivity contribution in [2.45, 2.75) is 20.8 Å². The van der Waals surface area contributed by atoms with Crippen molar-refractivity contribution in [1.29, 1.82) is 0 Å². The fourth-order valence-electron chi connectivity index (χ4n) is 2.61. The number of fused-ring (bicyclic) bond motifs is 1. The number of hydrogen-bond acceptors (Lipinski definition) is 5. The van der Waals surface area contributed by atoms with E-state index in [9.17, 15) is 9.59 Å². The van der Waals surface area contributed by atoms with Crippen LogP contribution in [0.4, 0.5) is 0 Å². The largest absolute Gasteiger partial charge is 0.465 e. The van der Waals surface area contributed by atoms with Crippen LogP contribution in [0.2, 0.25) is 0 Å². The van der Waals surface area contributed by atoms with E-state index in [0.717, 1.165) is 22.5 Å². The summed E-state index contributed by atoms with van der Waals surface area (Å²) in [6.07, 6.45) is 1.75. The molecular formula is C19H17ClN2O3S. The summed E-state index contributed by atoms with van der Waals surface area (Å²) in [5.74, 6) is -0.219. The molecule has 1 N–H and O–H groups in total. The molecule has 0 spiro atoms. The van der Waals surface area contributed by atoms with E-state index in [1.54, 1.807) is 13.0 Å². The number of carbonyl (C=O) groups is 1. The fourth-order valence-corrected chi connectivity index (χ4v) is 3.93. The fraction of sp³-hybridized carbons (Fsp3) is 0.211. The highest BCUT2D eigenvalue weighted by atomic mass is 35.5. The van der Waals surface area contributed by atoms with E-state index < -0.39 is 5.97 Å². The smallest absolute Gasteiger partial charge is 0.348 e. The second-order valence-corrected chi connectivity index (χ2v) is 7.38. The van der Waals surface area contributed by atoms with Gasteiger partial charge in [0.15, 0.2) is 5.82 Å². The molecule has 0 aliphatic heterocycles. The molecule has 2 heterocycles. The van der Waals surface area contributed by atoms with Crippen LogP contribution >= 0.6 is 22.9 Å². The summed E-state index contributed by atoms with van der Waals surface area (Å²) in [5, 5.41) is 0.702. The van der Waals surface area contributed by atoms with Gasteiger partial charge in [0, 0.05) is 0 Å². The molecule has 7 heteroatoms. The summed E-state index contributed by atoms with van der Waals surface area (Å²) < 4.78 is 4.76. The van der Waals surface area contributed by atoms with Gasteiger partial charge < -0.3 is 9.72 Å². The standard InChI is InChI=1S/C19H17ClN2O3S/c1-9-5-6-12(7-10(9)2)8-13(20)16-21-17(23)14-11(3)15(19(24)25-4)26-18(14)22-16/h5-8H,1-4H3,(H,21,22,23)/b13-8-. The second-order valence-electron chi connectivity index (χ2n) is 5.98. The summed E-state index contributed by atoms with van der Waals surface area (Å²) in [4.78, 5) is 32.3. The third kappa shape index (κ3) is 3.30. The van der Waals surface area contributed by atoms with E-state index in [0.29, 0.717) is 25.7 Å². The number of nitrogens with one attached hydrogen (secondary N) is 1. The number of aromatic amines is 1. The van der Waals surface area contributed by atoms with Crippen LogP contribution in [-0.2, 0) is 4.74 Å². The Kier molecular flexibility index (Phi) is 4.98. The number of hydrogen-bond donors (Lipinski definition) is 1. The number of benzene rings is 1. The van der Waals surface area contributed by atoms with Crippen molar-refractivity contribution in [3.8, 4) is 0 Å². The minimum Gasteiger partial charge on any atom is -0.465 e. The second kappa shape index (κ2) is 7.05. The van der Waals surface area contributed by atoms with E-state index in [1.807, 2.05) is 32.0 Å². The van der Waals surface area contributed by atoms with Gasteiger partial charge in [-0.05, 0) is 49.1 Å². The highest BCUT2D eigenvalue weighted by Gasteiger charge is 2.20. The average molecular weight is 389 g/mol. The predicted molar refractivity (Wildman–Crippen MR) is 106 cm³/mol. The van der Waals surface area contributed by atoms with Crippen LogP contribution in [0.15, 0.2) is 23.0 Å². The van der Waals surface area contributed by atoms with E-state index in [2.05, 4.69) is 9.97 Å². The summed E-state index contributed by atoms with van der Waals surface area (Å²) in [7, 11) is 1.30. The Balaban J connectivity index is 2.10. The highest BCUT2D eigenvalue weighted by Crippen LogP contribution is 2.29. The molecule has 0 unspecified atom stereocenters. The quantitative estimate of drug-likeness (QED) is 0.673. The van der Waals surface area contributed by atoms with Crippen LogP contribution in [0.3, 0.4) is 0 Å². The number of aromatic nitrogens is 2. The Hall–Kier alpha value is -2.44. The third-order valence-electron chi connectivity index (χ3n) is 4.22. The van der Waals surface area contributed by atoms with Gasteiger partial charge in [-0.15, -0.1) is 11.3 Å². The molecule has 0 bridgehead atoms. The van der Waals surface area contributed by atoms with Gasteiger partial charge in [0.2, 0.25) is 0 Å². The summed E-state index contributed by atoms with van der Waals surface area (Å²) in [5.41, 5.74) is 3.48. The zero-order valence-electron chi connectivity index (χ0n) is 14.8. The molecule has 3 aromatic rings. The predicted octanol–water partition coefficient (Wildman–Crippen LogP) is 4.43. The number of rotatable bonds is 3. The molecule has 1 aromatic carbocycles. The van der Waals surface area contributed by atoms with E-state index in [-0.39, 0.29) is 11.4 Å². The number of methoxy groups -OCH3 is 1. The molecular weight excluding hydrogens is 372 g/mol. The van der Waals surface area contributed by atoms with Gasteiger partial charge in [0.1, 0.15) is 9.71 Å². The van der Waals surface area contributed by atoms with Crippen LogP contribution in [0.1, 0.15) is 37.7 Å². The molecule has 134 valence electrons. The van der Waals surface area contributed by atoms with Gasteiger partial charge in [0.05, 0.1) is 17.5 Å². The van der Waals surface area contributed by atoms with Crippen LogP contribution < -0.4 is 5.56 Å². The minimum atomic E-state index is -0.483. The SMILES string of the molecule is COC(=O)c1sc2nc(/C(Cl)=C/c3ccc(C)c(C)c3)[nH]c(=O)c2c1C. The molecule has 0 saturated carbocycles. The number of aryl methyl sites for hydroxylation is 3. The lowest BCUT2D eigenvalue weighted by Crippen LogP contribution is -2.10. The highest BCUT2D eigenvalue weighted by molar-refractivity contribution is 7.20. The van der Waals surface area contributed by atoms with Crippen LogP contribution in [0.25, 0.3) is 21.3 Å². The number of esters is 1. The Morgan fingerprint density at radius 2 is 2.00 bits per heavy atom. The molecule has 0 radical (unpaired) electrons. The molecule has 0 saturated heterocycles. The molecule has 5 nitrogen and oxygen atoms in total. The number of thiophene rings is 1. The zero-order valence-corrected chi connectivity index (χ0v) is 16.3. The van der Waals surface area contributed by atoms with Crippen molar-refractivity contribution in [1.82, 2.24) is 9.97 Å². The van der Waals surface area contributed by atoms with Crippen molar-refractivity contribution < 1.29 is 9.53 Å². The lowest BCUT2D eigenvalue weighted by molar-refractivity contribution is 0.0605. The molecule has 26 heavy (non-hydrogen) atoms. The van der Waals surface area contributed by atoms with Gasteiger partial charge in [-0.3, -0.25) is 4.79 Å². The maximum absolute atomic E-state index is 12.5. The number of ether oxygens (including phenoxy) is 1. The molecule has 3 rings (SSSR count). The summed E-state index contributed by atoms with van der Waals surface area (Å²) >= 11 is 7.50. The van der Waals surface area contributed by atoms with Gasteiger partial charge in [-0.25, -0.2) is 9.78 Å². The van der Waals surface area contributed by atoms with E-state index in [1.165, 1.54) is 12.7 Å². The minimum absolute atomic E-state index is 0.264. The van der Waals surface area contributed by atoms with Crippen LogP contribution in [0.5, 0.6) is 0 Å². The Labute approximate surface area is 159 Å². The Morgan fingerprint density at radius 3 is 2.65 bits per heavy atom. The third-order valence-corrected chi connectivity index (χ3v) is 5.68. The van der Waals surface area contributed by atoms with Gasteiger partial charge in [-0.2, -0.15) is 0 Å². The summed E-state index contributed by atoms with van der Waals surface area (Å²) in [6, 6.07) is 5.97. The molecule has 0 amide bonds. The van der Waals surface area contributed by atoms with Crippen molar-refractivity contribution in [3.05, 3.63) is 61.5 Å². The van der Waals surface area contributed by atoms with E-state index >= 15 is 0 Å². The normalized spacial score (nSPS) is 11.8. The maximum Gasteiger partial charge on any atom is 0.348 e. The summed E-state index contributed by atoms with van der Waals surface area (Å²) in [6.45, 7) is 5.76. The Morgan fingerprint density at radius 1 is 1.27 bits per heavy atom. The Bertz CT molecular complexity index is 1110. The van der Waals surface area contributed by atoms with Crippen molar-refractivity contribution in [3.63, 3.8) is 0 Å². The first-order valence-electron chi connectivity index (χ1n) is 7.88. The van der Waals surface area contributed by atoms with Gasteiger partial charge in [-0.1, -0.05) is 29.8 Å². The molecule has 0 atom stereocenters. The van der Waals surface area contributed by atoms with Crippen molar-refractivity contribution in [2.75, 3.05) is 7.11 Å². The molecule has 0 aliphatic rings. The zero-order chi connectivity index (χ0) is 19.0. The first-order valence-corrected chi connectivity index (χ1v) is 9.07. The molecule has 2 aromatic heterocycles. The van der Waals surface area contributed by atoms with Crippen molar-refractivity contribution >= 4 is 50.2 Å².